The van der Waals surface area contributed by atoms with E-state index in [2.05, 4.69) is 33.0 Å². The lowest BCUT2D eigenvalue weighted by Crippen LogP contribution is -2.26. The molecule has 82 valence electrons. The first-order valence-corrected chi connectivity index (χ1v) is 5.83. The molecule has 13 heavy (non-hydrogen) atoms. The van der Waals surface area contributed by atoms with Crippen LogP contribution >= 0.6 is 0 Å². The van der Waals surface area contributed by atoms with Crippen molar-refractivity contribution in [1.82, 2.24) is 5.32 Å². The van der Waals surface area contributed by atoms with Crippen molar-refractivity contribution in [3.05, 3.63) is 0 Å². The van der Waals surface area contributed by atoms with Gasteiger partial charge in [0, 0.05) is 0 Å². The number of hydrogen-bond donors (Lipinski definition) is 1. The van der Waals surface area contributed by atoms with Crippen molar-refractivity contribution in [3.63, 3.8) is 0 Å². The Bertz CT molecular complexity index is 70.4. The van der Waals surface area contributed by atoms with Crippen LogP contribution < -0.4 is 5.32 Å². The third-order valence-corrected chi connectivity index (χ3v) is 1.63. The zero-order valence-electron chi connectivity index (χ0n) is 10.5. The van der Waals surface area contributed by atoms with E-state index in [0.717, 1.165) is 11.8 Å². The number of hydrogen-bond acceptors (Lipinski definition) is 1. The average molecular weight is 187 g/mol. The molecule has 0 amide bonds. The Labute approximate surface area is 85.3 Å². The normalized spacial score (nSPS) is 16.8. The van der Waals surface area contributed by atoms with Crippen LogP contribution in [0.25, 0.3) is 0 Å². The maximum atomic E-state index is 3.32. The van der Waals surface area contributed by atoms with Crippen molar-refractivity contribution < 1.29 is 0 Å². The van der Waals surface area contributed by atoms with E-state index in [1.807, 2.05) is 13.8 Å². The average Bonchev–Trinajstić information content (AvgIpc) is 2.08. The lowest BCUT2D eigenvalue weighted by Gasteiger charge is -2.17. The smallest absolute Gasteiger partial charge is 0.00464 e. The molecule has 0 aromatic rings. The fraction of sp³-hybridized carbons (Fsp3) is 1.00. The minimum Gasteiger partial charge on any atom is -0.317 e. The van der Waals surface area contributed by atoms with Gasteiger partial charge >= 0.3 is 0 Å². The topological polar surface area (TPSA) is 12.0 Å². The molecule has 1 heterocycles. The predicted molar refractivity (Wildman–Crippen MR) is 63.1 cm³/mol. The molecule has 0 unspecified atom stereocenters. The molecule has 1 saturated heterocycles. The molecule has 1 aliphatic rings. The quantitative estimate of drug-likeness (QED) is 0.610. The van der Waals surface area contributed by atoms with E-state index in [0.29, 0.717) is 0 Å². The second kappa shape index (κ2) is 12.0. The third kappa shape index (κ3) is 18.7. The predicted octanol–water partition coefficient (Wildman–Crippen LogP) is 3.69. The van der Waals surface area contributed by atoms with E-state index in [1.165, 1.54) is 25.9 Å². The van der Waals surface area contributed by atoms with Crippen molar-refractivity contribution in [2.45, 2.75) is 54.4 Å². The van der Waals surface area contributed by atoms with E-state index in [-0.39, 0.29) is 0 Å². The van der Waals surface area contributed by atoms with E-state index < -0.39 is 0 Å². The Morgan fingerprint density at radius 2 is 1.31 bits per heavy atom. The van der Waals surface area contributed by atoms with Crippen LogP contribution in [-0.2, 0) is 0 Å². The van der Waals surface area contributed by atoms with Gasteiger partial charge in [0.25, 0.3) is 0 Å². The number of nitrogens with one attached hydrogen (secondary N) is 1. The molecule has 0 spiro atoms. The van der Waals surface area contributed by atoms with Gasteiger partial charge in [0.05, 0.1) is 0 Å². The highest BCUT2D eigenvalue weighted by molar-refractivity contribution is 4.62. The van der Waals surface area contributed by atoms with Crippen LogP contribution in [0.1, 0.15) is 54.4 Å². The van der Waals surface area contributed by atoms with E-state index in [1.54, 1.807) is 0 Å². The molecule has 0 bridgehead atoms. The molecule has 0 aromatic heterocycles. The van der Waals surface area contributed by atoms with E-state index in [9.17, 15) is 0 Å². The summed E-state index contributed by atoms with van der Waals surface area (Å²) in [5.41, 5.74) is 0. The highest BCUT2D eigenvalue weighted by atomic mass is 14.9. The lowest BCUT2D eigenvalue weighted by molar-refractivity contribution is 0.402. The van der Waals surface area contributed by atoms with Crippen LogP contribution in [-0.4, -0.2) is 13.1 Å². The highest BCUT2D eigenvalue weighted by Gasteiger charge is 2.04. The van der Waals surface area contributed by atoms with Crippen LogP contribution in [0.4, 0.5) is 0 Å². The zero-order valence-corrected chi connectivity index (χ0v) is 10.5. The van der Waals surface area contributed by atoms with Crippen molar-refractivity contribution >= 4 is 0 Å². The van der Waals surface area contributed by atoms with Crippen LogP contribution in [0.3, 0.4) is 0 Å². The van der Waals surface area contributed by atoms with Gasteiger partial charge in [-0.2, -0.15) is 0 Å². The number of rotatable bonds is 0. The molecule has 1 nitrogen and oxygen atoms in total. The molecule has 1 fully saturated rings. The largest absolute Gasteiger partial charge is 0.317 e. The van der Waals surface area contributed by atoms with Gasteiger partial charge in [0.1, 0.15) is 0 Å². The summed E-state index contributed by atoms with van der Waals surface area (Å²) in [4.78, 5) is 0. The second-order valence-electron chi connectivity index (χ2n) is 4.16. The Balaban J connectivity index is 0. The van der Waals surface area contributed by atoms with Crippen molar-refractivity contribution in [2.75, 3.05) is 13.1 Å². The summed E-state index contributed by atoms with van der Waals surface area (Å²) < 4.78 is 0. The highest BCUT2D eigenvalue weighted by Crippen LogP contribution is 2.08. The van der Waals surface area contributed by atoms with Crippen LogP contribution in [0.15, 0.2) is 0 Å². The van der Waals surface area contributed by atoms with Gasteiger partial charge in [-0.05, 0) is 37.8 Å². The minimum absolute atomic E-state index is 0.833. The van der Waals surface area contributed by atoms with Gasteiger partial charge in [0.2, 0.25) is 0 Å². The summed E-state index contributed by atoms with van der Waals surface area (Å²) in [6.07, 6.45) is 2.75. The van der Waals surface area contributed by atoms with Gasteiger partial charge in [-0.15, -0.1) is 0 Å². The van der Waals surface area contributed by atoms with Gasteiger partial charge in [0.15, 0.2) is 0 Å². The Hall–Kier alpha value is -0.0400. The van der Waals surface area contributed by atoms with Crippen molar-refractivity contribution in [3.8, 4) is 0 Å². The molecule has 0 saturated carbocycles. The monoisotopic (exact) mass is 187 g/mol. The fourth-order valence-corrected chi connectivity index (χ4v) is 0.966. The fourth-order valence-electron chi connectivity index (χ4n) is 0.966. The lowest BCUT2D eigenvalue weighted by atomic mass is 10.0. The molecule has 1 heteroatoms. The van der Waals surface area contributed by atoms with Crippen LogP contribution in [0.2, 0.25) is 0 Å². The Morgan fingerprint density at radius 1 is 1.00 bits per heavy atom. The molecular weight excluding hydrogens is 158 g/mol. The molecule has 0 aromatic carbocycles. The molecular formula is C12H29N. The summed E-state index contributed by atoms with van der Waals surface area (Å²) in [6.45, 7) is 15.3. The van der Waals surface area contributed by atoms with Gasteiger partial charge in [-0.1, -0.05) is 41.5 Å². The van der Waals surface area contributed by atoms with Gasteiger partial charge in [-0.3, -0.25) is 0 Å². The molecule has 0 atom stereocenters. The van der Waals surface area contributed by atoms with Crippen molar-refractivity contribution in [2.24, 2.45) is 11.8 Å². The Morgan fingerprint density at radius 3 is 1.46 bits per heavy atom. The molecule has 0 aliphatic carbocycles. The summed E-state index contributed by atoms with van der Waals surface area (Å²) in [5.74, 6) is 1.81. The third-order valence-electron chi connectivity index (χ3n) is 1.63. The molecule has 1 aliphatic heterocycles. The van der Waals surface area contributed by atoms with Gasteiger partial charge < -0.3 is 5.32 Å². The maximum absolute atomic E-state index is 3.32. The van der Waals surface area contributed by atoms with E-state index >= 15 is 0 Å². The first-order chi connectivity index (χ1) is 6.13. The van der Waals surface area contributed by atoms with E-state index in [4.69, 9.17) is 0 Å². The molecule has 1 rings (SSSR count). The first-order valence-electron chi connectivity index (χ1n) is 5.83. The summed E-state index contributed by atoms with van der Waals surface area (Å²) >= 11 is 0. The van der Waals surface area contributed by atoms with Crippen molar-refractivity contribution in [1.29, 1.82) is 0 Å². The Kier molecular flexibility index (Phi) is 14.2. The maximum Gasteiger partial charge on any atom is -0.00464 e. The minimum atomic E-state index is 0.833. The molecule has 1 N–H and O–H groups in total. The standard InChI is InChI=1S/C6H13N.C4H10.C2H6/c1-6-2-4-7-5-3-6;1-4(2)3;1-2/h6-7H,2-5H2,1H3;4H,1-3H3;1-2H3. The number of piperidine rings is 1. The SMILES string of the molecule is CC.CC(C)C.CC1CCNCC1. The van der Waals surface area contributed by atoms with Gasteiger partial charge in [-0.25, -0.2) is 0 Å². The van der Waals surface area contributed by atoms with Crippen LogP contribution in [0, 0.1) is 11.8 Å². The summed E-state index contributed by atoms with van der Waals surface area (Å²) in [7, 11) is 0. The zero-order chi connectivity index (χ0) is 10.7. The molecule has 0 radical (unpaired) electrons. The summed E-state index contributed by atoms with van der Waals surface area (Å²) in [6, 6.07) is 0. The summed E-state index contributed by atoms with van der Waals surface area (Å²) in [5, 5.41) is 3.32. The van der Waals surface area contributed by atoms with Crippen LogP contribution in [0.5, 0.6) is 0 Å². The second-order valence-corrected chi connectivity index (χ2v) is 4.16. The first kappa shape index (κ1) is 15.4.